The topological polar surface area (TPSA) is 69.6 Å². The van der Waals surface area contributed by atoms with Crippen LogP contribution in [0.3, 0.4) is 0 Å². The Morgan fingerprint density at radius 1 is 1.33 bits per heavy atom. The number of carbonyl (C=O) groups is 2. The summed E-state index contributed by atoms with van der Waals surface area (Å²) >= 11 is 0. The van der Waals surface area contributed by atoms with Crippen molar-refractivity contribution >= 4 is 11.9 Å². The van der Waals surface area contributed by atoms with Crippen LogP contribution in [0.15, 0.2) is 0 Å². The Morgan fingerprint density at radius 2 is 2.06 bits per heavy atom. The monoisotopic (exact) mass is 254 g/mol. The highest BCUT2D eigenvalue weighted by molar-refractivity contribution is 5.73. The van der Waals surface area contributed by atoms with E-state index in [1.54, 1.807) is 0 Å². The first kappa shape index (κ1) is 13.3. The largest absolute Gasteiger partial charge is 0.481 e. The van der Waals surface area contributed by atoms with Crippen LogP contribution in [0, 0.1) is 5.92 Å². The molecule has 18 heavy (non-hydrogen) atoms. The van der Waals surface area contributed by atoms with E-state index in [4.69, 9.17) is 5.11 Å². The van der Waals surface area contributed by atoms with Crippen molar-refractivity contribution in [2.75, 3.05) is 13.1 Å². The number of carbonyl (C=O) groups excluding carboxylic acids is 1. The molecule has 2 N–H and O–H groups in total. The molecular weight excluding hydrogens is 232 g/mol. The molecular formula is C13H22N2O3. The molecule has 0 aromatic heterocycles. The van der Waals surface area contributed by atoms with Gasteiger partial charge in [0.15, 0.2) is 0 Å². The van der Waals surface area contributed by atoms with Crippen molar-refractivity contribution < 1.29 is 14.7 Å². The number of aliphatic carboxylic acids is 1. The van der Waals surface area contributed by atoms with E-state index < -0.39 is 5.97 Å². The van der Waals surface area contributed by atoms with Gasteiger partial charge in [-0.3, -0.25) is 14.5 Å². The molecule has 1 heterocycles. The van der Waals surface area contributed by atoms with Gasteiger partial charge in [0.05, 0.1) is 0 Å². The van der Waals surface area contributed by atoms with Crippen LogP contribution in [0.5, 0.6) is 0 Å². The molecule has 0 radical (unpaired) electrons. The Balaban J connectivity index is 1.94. The summed E-state index contributed by atoms with van der Waals surface area (Å²) < 4.78 is 0. The third-order valence-electron chi connectivity index (χ3n) is 4.03. The lowest BCUT2D eigenvalue weighted by molar-refractivity contribution is -0.138. The average Bonchev–Trinajstić information content (AvgIpc) is 2.11. The third-order valence-corrected chi connectivity index (χ3v) is 4.03. The lowest BCUT2D eigenvalue weighted by Gasteiger charge is -2.45. The zero-order chi connectivity index (χ0) is 13.1. The lowest BCUT2D eigenvalue weighted by Crippen LogP contribution is -2.55. The summed E-state index contributed by atoms with van der Waals surface area (Å²) in [5.41, 5.74) is 0. The minimum absolute atomic E-state index is 0.0236. The number of nitrogens with one attached hydrogen (secondary N) is 1. The van der Waals surface area contributed by atoms with Crippen molar-refractivity contribution in [3.63, 3.8) is 0 Å². The fraction of sp³-hybridized carbons (Fsp3) is 0.846. The third kappa shape index (κ3) is 3.45. The van der Waals surface area contributed by atoms with Crippen LogP contribution in [0.1, 0.15) is 39.0 Å². The van der Waals surface area contributed by atoms with Crippen LogP contribution in [0.4, 0.5) is 0 Å². The molecule has 1 aliphatic heterocycles. The quantitative estimate of drug-likeness (QED) is 0.780. The number of hydrogen-bond acceptors (Lipinski definition) is 3. The van der Waals surface area contributed by atoms with Gasteiger partial charge in [-0.05, 0) is 25.2 Å². The second-order valence-electron chi connectivity index (χ2n) is 5.64. The molecule has 5 heteroatoms. The predicted molar refractivity (Wildman–Crippen MR) is 67.2 cm³/mol. The first-order chi connectivity index (χ1) is 8.54. The first-order valence-electron chi connectivity index (χ1n) is 6.77. The molecule has 1 aliphatic carbocycles. The number of carboxylic acid groups (broad SMARTS) is 1. The van der Waals surface area contributed by atoms with Gasteiger partial charge in [0, 0.05) is 38.5 Å². The zero-order valence-electron chi connectivity index (χ0n) is 10.9. The maximum Gasteiger partial charge on any atom is 0.303 e. The fourth-order valence-corrected chi connectivity index (χ4v) is 3.08. The van der Waals surface area contributed by atoms with Crippen molar-refractivity contribution in [1.82, 2.24) is 10.2 Å². The summed E-state index contributed by atoms with van der Waals surface area (Å²) in [6.07, 6.45) is 4.70. The number of nitrogens with zero attached hydrogens (tertiary/aromatic N) is 1. The van der Waals surface area contributed by atoms with E-state index >= 15 is 0 Å². The summed E-state index contributed by atoms with van der Waals surface area (Å²) in [6.45, 7) is 3.27. The molecule has 0 bridgehead atoms. The molecule has 2 rings (SSSR count). The number of carboxylic acids is 1. The van der Waals surface area contributed by atoms with Gasteiger partial charge in [-0.15, -0.1) is 0 Å². The standard InChI is InChI=1S/C13H22N2O3/c1-9(16)14-11-5-10(6-13(17)18)7-15(8-11)12-3-2-4-12/h10-12H,2-8H2,1H3,(H,14,16)(H,17,18). The Hall–Kier alpha value is -1.10. The normalized spacial score (nSPS) is 29.6. The highest BCUT2D eigenvalue weighted by Crippen LogP contribution is 2.30. The van der Waals surface area contributed by atoms with Crippen LogP contribution in [-0.2, 0) is 9.59 Å². The van der Waals surface area contributed by atoms with Gasteiger partial charge < -0.3 is 10.4 Å². The molecule has 2 unspecified atom stereocenters. The first-order valence-corrected chi connectivity index (χ1v) is 6.77. The van der Waals surface area contributed by atoms with E-state index in [9.17, 15) is 9.59 Å². The summed E-state index contributed by atoms with van der Waals surface area (Å²) in [5.74, 6) is -0.602. The Morgan fingerprint density at radius 3 is 2.56 bits per heavy atom. The van der Waals surface area contributed by atoms with Gasteiger partial charge in [0.2, 0.25) is 5.91 Å². The van der Waals surface area contributed by atoms with Crippen LogP contribution in [-0.4, -0.2) is 47.1 Å². The van der Waals surface area contributed by atoms with Gasteiger partial charge in [0.1, 0.15) is 0 Å². The summed E-state index contributed by atoms with van der Waals surface area (Å²) in [4.78, 5) is 24.4. The Labute approximate surface area is 108 Å². The molecule has 1 amide bonds. The number of hydrogen-bond donors (Lipinski definition) is 2. The molecule has 1 saturated heterocycles. The summed E-state index contributed by atoms with van der Waals surface area (Å²) in [5, 5.41) is 11.9. The molecule has 2 fully saturated rings. The molecule has 0 aromatic carbocycles. The zero-order valence-corrected chi connectivity index (χ0v) is 10.9. The molecule has 102 valence electrons. The molecule has 2 atom stereocenters. The number of piperidine rings is 1. The minimum atomic E-state index is -0.739. The van der Waals surface area contributed by atoms with Crippen LogP contribution < -0.4 is 5.32 Å². The summed E-state index contributed by atoms with van der Waals surface area (Å²) in [6, 6.07) is 0.721. The number of amides is 1. The smallest absolute Gasteiger partial charge is 0.303 e. The SMILES string of the molecule is CC(=O)NC1CC(CC(=O)O)CN(C2CCC2)C1. The Kier molecular flexibility index (Phi) is 4.22. The van der Waals surface area contributed by atoms with Crippen molar-refractivity contribution in [3.05, 3.63) is 0 Å². The van der Waals surface area contributed by atoms with Gasteiger partial charge in [-0.2, -0.15) is 0 Å². The second-order valence-corrected chi connectivity index (χ2v) is 5.64. The van der Waals surface area contributed by atoms with E-state index in [0.29, 0.717) is 6.04 Å². The predicted octanol–water partition coefficient (Wildman–Crippen LogP) is 0.840. The van der Waals surface area contributed by atoms with E-state index in [1.807, 2.05) is 0 Å². The van der Waals surface area contributed by atoms with Gasteiger partial charge in [-0.1, -0.05) is 6.42 Å². The maximum absolute atomic E-state index is 11.2. The highest BCUT2D eigenvalue weighted by Gasteiger charge is 2.34. The molecule has 1 saturated carbocycles. The summed E-state index contributed by atoms with van der Waals surface area (Å²) in [7, 11) is 0. The molecule has 2 aliphatic rings. The van der Waals surface area contributed by atoms with Crippen molar-refractivity contribution in [2.45, 2.75) is 51.1 Å². The average molecular weight is 254 g/mol. The van der Waals surface area contributed by atoms with Gasteiger partial charge >= 0.3 is 5.97 Å². The van der Waals surface area contributed by atoms with E-state index in [0.717, 1.165) is 19.5 Å². The van der Waals surface area contributed by atoms with E-state index in [-0.39, 0.29) is 24.3 Å². The maximum atomic E-state index is 11.2. The van der Waals surface area contributed by atoms with Gasteiger partial charge in [-0.25, -0.2) is 0 Å². The van der Waals surface area contributed by atoms with Crippen LogP contribution in [0.25, 0.3) is 0 Å². The van der Waals surface area contributed by atoms with Gasteiger partial charge in [0.25, 0.3) is 0 Å². The Bertz CT molecular complexity index is 304. The minimum Gasteiger partial charge on any atom is -0.481 e. The molecule has 0 spiro atoms. The molecule has 0 aromatic rings. The van der Waals surface area contributed by atoms with Crippen LogP contribution in [0.2, 0.25) is 0 Å². The van der Waals surface area contributed by atoms with Crippen molar-refractivity contribution in [1.29, 1.82) is 0 Å². The fourth-order valence-electron chi connectivity index (χ4n) is 3.08. The second kappa shape index (κ2) is 5.69. The number of likely N-dealkylation sites (tertiary alicyclic amines) is 1. The molecule has 5 nitrogen and oxygen atoms in total. The van der Waals surface area contributed by atoms with Crippen molar-refractivity contribution in [3.8, 4) is 0 Å². The number of rotatable bonds is 4. The van der Waals surface area contributed by atoms with Crippen molar-refractivity contribution in [2.24, 2.45) is 5.92 Å². The van der Waals surface area contributed by atoms with E-state index in [2.05, 4.69) is 10.2 Å². The van der Waals surface area contributed by atoms with E-state index in [1.165, 1.54) is 26.2 Å². The highest BCUT2D eigenvalue weighted by atomic mass is 16.4. The lowest BCUT2D eigenvalue weighted by atomic mass is 9.85. The van der Waals surface area contributed by atoms with Crippen LogP contribution >= 0.6 is 0 Å².